The standard InChI is InChI=1S/C19H20N4O7S/c1-12-5-6-13(23(24)25)9-17(12)31(26,27)22(2)11-18-20-19(21-30-18)15-8-7-14(28-3)10-16(15)29-4/h5-10H,11H2,1-4H3. The molecule has 11 nitrogen and oxygen atoms in total. The number of nitro benzene ring substituents is 1. The normalized spacial score (nSPS) is 11.5. The molecule has 0 spiro atoms. The maximum absolute atomic E-state index is 13.0. The van der Waals surface area contributed by atoms with E-state index in [1.165, 1.54) is 33.4 Å². The topological polar surface area (TPSA) is 138 Å². The van der Waals surface area contributed by atoms with Gasteiger partial charge in [-0.25, -0.2) is 8.42 Å². The molecule has 164 valence electrons. The van der Waals surface area contributed by atoms with Gasteiger partial charge in [-0.15, -0.1) is 0 Å². The third kappa shape index (κ3) is 4.49. The molecule has 0 N–H and O–H groups in total. The van der Waals surface area contributed by atoms with Crippen molar-refractivity contribution in [1.82, 2.24) is 14.4 Å². The fourth-order valence-electron chi connectivity index (χ4n) is 2.84. The summed E-state index contributed by atoms with van der Waals surface area (Å²) in [5, 5.41) is 14.9. The van der Waals surface area contributed by atoms with Crippen molar-refractivity contribution in [3.63, 3.8) is 0 Å². The summed E-state index contributed by atoms with van der Waals surface area (Å²) >= 11 is 0. The van der Waals surface area contributed by atoms with Crippen LogP contribution in [-0.2, 0) is 16.6 Å². The van der Waals surface area contributed by atoms with Crippen molar-refractivity contribution in [1.29, 1.82) is 0 Å². The SMILES string of the molecule is COc1ccc(-c2noc(CN(C)S(=O)(=O)c3cc([N+](=O)[O-])ccc3C)n2)c(OC)c1. The molecule has 0 aliphatic rings. The summed E-state index contributed by atoms with van der Waals surface area (Å²) in [6.07, 6.45) is 0. The number of nitro groups is 1. The Hall–Kier alpha value is -3.51. The second-order valence-corrected chi connectivity index (χ2v) is 8.56. The van der Waals surface area contributed by atoms with E-state index in [2.05, 4.69) is 10.1 Å². The van der Waals surface area contributed by atoms with Crippen molar-refractivity contribution in [3.05, 3.63) is 58.0 Å². The minimum Gasteiger partial charge on any atom is -0.497 e. The lowest BCUT2D eigenvalue weighted by atomic mass is 10.2. The van der Waals surface area contributed by atoms with Crippen LogP contribution in [0, 0.1) is 17.0 Å². The van der Waals surface area contributed by atoms with Crippen LogP contribution in [0.1, 0.15) is 11.5 Å². The van der Waals surface area contributed by atoms with Gasteiger partial charge in [0, 0.05) is 25.2 Å². The Morgan fingerprint density at radius 1 is 1.16 bits per heavy atom. The average Bonchev–Trinajstić information content (AvgIpc) is 3.21. The Morgan fingerprint density at radius 2 is 1.90 bits per heavy atom. The molecule has 0 amide bonds. The third-order valence-corrected chi connectivity index (χ3v) is 6.49. The van der Waals surface area contributed by atoms with Crippen molar-refractivity contribution in [2.45, 2.75) is 18.4 Å². The Morgan fingerprint density at radius 3 is 2.55 bits per heavy atom. The molecule has 1 heterocycles. The summed E-state index contributed by atoms with van der Waals surface area (Å²) in [5.41, 5.74) is 0.606. The summed E-state index contributed by atoms with van der Waals surface area (Å²) in [7, 11) is 0.299. The van der Waals surface area contributed by atoms with Crippen LogP contribution in [0.15, 0.2) is 45.8 Å². The van der Waals surface area contributed by atoms with Gasteiger partial charge in [-0.1, -0.05) is 11.2 Å². The molecule has 0 aliphatic heterocycles. The molecule has 0 unspecified atom stereocenters. The van der Waals surface area contributed by atoms with Crippen molar-refractivity contribution in [2.24, 2.45) is 0 Å². The monoisotopic (exact) mass is 448 g/mol. The number of hydrogen-bond donors (Lipinski definition) is 0. The van der Waals surface area contributed by atoms with Crippen molar-refractivity contribution in [3.8, 4) is 22.9 Å². The number of methoxy groups -OCH3 is 2. The number of nitrogens with zero attached hydrogens (tertiary/aromatic N) is 4. The van der Waals surface area contributed by atoms with Gasteiger partial charge in [0.15, 0.2) is 0 Å². The zero-order chi connectivity index (χ0) is 22.8. The molecule has 12 heteroatoms. The van der Waals surface area contributed by atoms with Crippen LogP contribution in [0.3, 0.4) is 0 Å². The number of benzene rings is 2. The molecule has 0 radical (unpaired) electrons. The first-order valence-electron chi connectivity index (χ1n) is 8.93. The first-order valence-corrected chi connectivity index (χ1v) is 10.4. The number of non-ortho nitro benzene ring substituents is 1. The Bertz CT molecular complexity index is 1220. The molecule has 31 heavy (non-hydrogen) atoms. The number of aromatic nitrogens is 2. The van der Waals surface area contributed by atoms with Crippen molar-refractivity contribution in [2.75, 3.05) is 21.3 Å². The molecule has 3 aromatic rings. The van der Waals surface area contributed by atoms with Gasteiger partial charge in [-0.3, -0.25) is 10.1 Å². The predicted octanol–water partition coefficient (Wildman–Crippen LogP) is 2.79. The highest BCUT2D eigenvalue weighted by Crippen LogP contribution is 2.32. The highest BCUT2D eigenvalue weighted by atomic mass is 32.2. The Labute approximate surface area is 178 Å². The fraction of sp³-hybridized carbons (Fsp3) is 0.263. The fourth-order valence-corrected chi connectivity index (χ4v) is 4.20. The summed E-state index contributed by atoms with van der Waals surface area (Å²) in [6.45, 7) is 1.33. The zero-order valence-electron chi connectivity index (χ0n) is 17.2. The van der Waals surface area contributed by atoms with E-state index in [9.17, 15) is 18.5 Å². The number of aryl methyl sites for hydroxylation is 1. The van der Waals surface area contributed by atoms with E-state index in [1.807, 2.05) is 0 Å². The van der Waals surface area contributed by atoms with Crippen LogP contribution >= 0.6 is 0 Å². The summed E-state index contributed by atoms with van der Waals surface area (Å²) in [4.78, 5) is 14.5. The maximum Gasteiger partial charge on any atom is 0.270 e. The van der Waals surface area contributed by atoms with Gasteiger partial charge in [0.1, 0.15) is 11.5 Å². The maximum atomic E-state index is 13.0. The smallest absolute Gasteiger partial charge is 0.270 e. The quantitative estimate of drug-likeness (QED) is 0.376. The van der Waals surface area contributed by atoms with E-state index in [0.717, 1.165) is 10.4 Å². The van der Waals surface area contributed by atoms with E-state index in [1.54, 1.807) is 25.1 Å². The lowest BCUT2D eigenvalue weighted by Gasteiger charge is -2.16. The van der Waals surface area contributed by atoms with E-state index in [4.69, 9.17) is 14.0 Å². The molecule has 0 saturated heterocycles. The molecule has 3 rings (SSSR count). The van der Waals surface area contributed by atoms with Gasteiger partial charge in [0.05, 0.1) is 36.1 Å². The second kappa shape index (κ2) is 8.70. The van der Waals surface area contributed by atoms with Crippen molar-refractivity contribution < 1.29 is 27.3 Å². The van der Waals surface area contributed by atoms with E-state index in [-0.39, 0.29) is 28.8 Å². The summed E-state index contributed by atoms with van der Waals surface area (Å²) < 4.78 is 42.6. The molecule has 1 aromatic heterocycles. The predicted molar refractivity (Wildman–Crippen MR) is 109 cm³/mol. The van der Waals surface area contributed by atoms with Gasteiger partial charge < -0.3 is 14.0 Å². The molecule has 0 aliphatic carbocycles. The molecular weight excluding hydrogens is 428 g/mol. The van der Waals surface area contributed by atoms with Crippen LogP contribution in [0.4, 0.5) is 5.69 Å². The van der Waals surface area contributed by atoms with Gasteiger partial charge in [-0.05, 0) is 24.6 Å². The Balaban J connectivity index is 1.87. The average molecular weight is 448 g/mol. The minimum absolute atomic E-state index is 0.0435. The van der Waals surface area contributed by atoms with Gasteiger partial charge in [0.2, 0.25) is 21.7 Å². The van der Waals surface area contributed by atoms with Crippen molar-refractivity contribution >= 4 is 15.7 Å². The van der Waals surface area contributed by atoms with Crippen LogP contribution < -0.4 is 9.47 Å². The first kappa shape index (κ1) is 22.2. The molecule has 0 saturated carbocycles. The third-order valence-electron chi connectivity index (χ3n) is 4.55. The number of hydrogen-bond acceptors (Lipinski definition) is 9. The number of sulfonamides is 1. The number of ether oxygens (including phenoxy) is 2. The second-order valence-electron chi connectivity index (χ2n) is 6.55. The molecule has 0 bridgehead atoms. The largest absolute Gasteiger partial charge is 0.497 e. The van der Waals surface area contributed by atoms with Gasteiger partial charge in [-0.2, -0.15) is 9.29 Å². The van der Waals surface area contributed by atoms with E-state index >= 15 is 0 Å². The highest BCUT2D eigenvalue weighted by molar-refractivity contribution is 7.89. The highest BCUT2D eigenvalue weighted by Gasteiger charge is 2.27. The lowest BCUT2D eigenvalue weighted by Crippen LogP contribution is -2.27. The summed E-state index contributed by atoms with van der Waals surface area (Å²) in [5.74, 6) is 1.30. The van der Waals surface area contributed by atoms with Crippen LogP contribution in [0.2, 0.25) is 0 Å². The molecular formula is C19H20N4O7S. The first-order chi connectivity index (χ1) is 14.7. The number of rotatable bonds is 8. The van der Waals surface area contributed by atoms with E-state index < -0.39 is 14.9 Å². The minimum atomic E-state index is -4.04. The van der Waals surface area contributed by atoms with E-state index in [0.29, 0.717) is 22.6 Å². The van der Waals surface area contributed by atoms with Gasteiger partial charge >= 0.3 is 0 Å². The Kier molecular flexibility index (Phi) is 6.22. The summed E-state index contributed by atoms with van der Waals surface area (Å²) in [6, 6.07) is 8.73. The zero-order valence-corrected chi connectivity index (χ0v) is 18.0. The molecule has 2 aromatic carbocycles. The van der Waals surface area contributed by atoms with Gasteiger partial charge in [0.25, 0.3) is 5.69 Å². The van der Waals surface area contributed by atoms with Crippen LogP contribution in [0.5, 0.6) is 11.5 Å². The lowest BCUT2D eigenvalue weighted by molar-refractivity contribution is -0.385. The van der Waals surface area contributed by atoms with Crippen LogP contribution in [-0.4, -0.2) is 49.1 Å². The molecule has 0 atom stereocenters. The molecule has 0 fully saturated rings. The van der Waals surface area contributed by atoms with Crippen LogP contribution in [0.25, 0.3) is 11.4 Å².